The molecular weight excluding hydrogens is 288 g/mol. The first-order chi connectivity index (χ1) is 8.95. The Balaban J connectivity index is 2.74. The molecule has 2 N–H and O–H groups in total. The number of carboxylic acids is 1. The number of carbonyl (C=O) groups excluding carboxylic acids is 1. The zero-order chi connectivity index (χ0) is 14.4. The summed E-state index contributed by atoms with van der Waals surface area (Å²) < 4.78 is 0. The number of rotatable bonds is 5. The number of benzene rings is 1. The predicted octanol–water partition coefficient (Wildman–Crippen LogP) is 2.86. The van der Waals surface area contributed by atoms with E-state index in [4.69, 9.17) is 16.7 Å². The summed E-state index contributed by atoms with van der Waals surface area (Å²) in [5, 5.41) is 11.7. The van der Waals surface area contributed by atoms with Gasteiger partial charge < -0.3 is 15.3 Å². The minimum Gasteiger partial charge on any atom is -0.478 e. The van der Waals surface area contributed by atoms with Crippen molar-refractivity contribution in [3.8, 4) is 0 Å². The predicted molar refractivity (Wildman–Crippen MR) is 78.4 cm³/mol. The van der Waals surface area contributed by atoms with Crippen LogP contribution in [0.4, 0.5) is 10.5 Å². The molecule has 0 saturated carbocycles. The van der Waals surface area contributed by atoms with Gasteiger partial charge in [0.15, 0.2) is 0 Å². The van der Waals surface area contributed by atoms with E-state index in [0.29, 0.717) is 12.2 Å². The maximum absolute atomic E-state index is 11.8. The van der Waals surface area contributed by atoms with Crippen LogP contribution in [0.5, 0.6) is 0 Å². The molecule has 0 spiro atoms. The van der Waals surface area contributed by atoms with Gasteiger partial charge in [-0.25, -0.2) is 9.59 Å². The van der Waals surface area contributed by atoms with Crippen molar-refractivity contribution in [3.05, 3.63) is 28.8 Å². The van der Waals surface area contributed by atoms with Gasteiger partial charge in [0.25, 0.3) is 0 Å². The molecule has 1 rings (SSSR count). The van der Waals surface area contributed by atoms with Crippen molar-refractivity contribution in [2.45, 2.75) is 0 Å². The van der Waals surface area contributed by atoms with Crippen LogP contribution in [0.15, 0.2) is 18.2 Å². The lowest BCUT2D eigenvalue weighted by atomic mass is 10.2. The van der Waals surface area contributed by atoms with Gasteiger partial charge in [-0.1, -0.05) is 11.6 Å². The van der Waals surface area contributed by atoms with Crippen LogP contribution in [0.3, 0.4) is 0 Å². The molecule has 5 nitrogen and oxygen atoms in total. The van der Waals surface area contributed by atoms with Gasteiger partial charge in [0.05, 0.1) is 10.6 Å². The lowest BCUT2D eigenvalue weighted by Crippen LogP contribution is -2.33. The quantitative estimate of drug-likeness (QED) is 0.877. The minimum atomic E-state index is -1.13. The second-order valence-corrected chi connectivity index (χ2v) is 5.24. The van der Waals surface area contributed by atoms with Crippen molar-refractivity contribution in [1.82, 2.24) is 4.90 Å². The zero-order valence-corrected chi connectivity index (χ0v) is 12.2. The van der Waals surface area contributed by atoms with Crippen LogP contribution in [0.1, 0.15) is 10.4 Å². The molecule has 0 aliphatic heterocycles. The number of nitrogens with one attached hydrogen (secondary N) is 1. The fourth-order valence-electron chi connectivity index (χ4n) is 1.32. The molecule has 0 unspecified atom stereocenters. The van der Waals surface area contributed by atoms with Crippen LogP contribution in [0.2, 0.25) is 5.02 Å². The summed E-state index contributed by atoms with van der Waals surface area (Å²) in [6.45, 7) is 0.617. The fraction of sp³-hybridized carbons (Fsp3) is 0.333. The SMILES string of the molecule is CSCCN(C)C(=O)Nc1ccc(Cl)c(C(=O)O)c1. The van der Waals surface area contributed by atoms with Gasteiger partial charge in [-0.15, -0.1) is 0 Å². The average Bonchev–Trinajstić information content (AvgIpc) is 2.37. The van der Waals surface area contributed by atoms with Crippen LogP contribution in [0.25, 0.3) is 0 Å². The highest BCUT2D eigenvalue weighted by atomic mass is 35.5. The molecule has 0 saturated heterocycles. The summed E-state index contributed by atoms with van der Waals surface area (Å²) >= 11 is 7.40. The standard InChI is InChI=1S/C12H15ClN2O3S/c1-15(5-6-19-2)12(18)14-8-3-4-10(13)9(7-8)11(16)17/h3-4,7H,5-6H2,1-2H3,(H,14,18)(H,16,17). The third kappa shape index (κ3) is 4.65. The number of thioether (sulfide) groups is 1. The molecule has 104 valence electrons. The first kappa shape index (κ1) is 15.7. The molecular formula is C12H15ClN2O3S. The average molecular weight is 303 g/mol. The van der Waals surface area contributed by atoms with E-state index in [1.165, 1.54) is 17.0 Å². The summed E-state index contributed by atoms with van der Waals surface area (Å²) in [7, 11) is 1.68. The Morgan fingerprint density at radius 1 is 1.47 bits per heavy atom. The lowest BCUT2D eigenvalue weighted by molar-refractivity contribution is 0.0697. The third-order valence-electron chi connectivity index (χ3n) is 2.43. The highest BCUT2D eigenvalue weighted by Gasteiger charge is 2.12. The number of halogens is 1. The van der Waals surface area contributed by atoms with E-state index in [1.54, 1.807) is 24.9 Å². The summed E-state index contributed by atoms with van der Waals surface area (Å²) in [4.78, 5) is 24.3. The van der Waals surface area contributed by atoms with Gasteiger partial charge in [0.1, 0.15) is 0 Å². The van der Waals surface area contributed by atoms with E-state index in [2.05, 4.69) is 5.32 Å². The van der Waals surface area contributed by atoms with E-state index >= 15 is 0 Å². The highest BCUT2D eigenvalue weighted by Crippen LogP contribution is 2.20. The Hall–Kier alpha value is -1.40. The highest BCUT2D eigenvalue weighted by molar-refractivity contribution is 7.98. The number of urea groups is 1. The molecule has 0 aliphatic carbocycles. The van der Waals surface area contributed by atoms with E-state index in [-0.39, 0.29) is 16.6 Å². The fourth-order valence-corrected chi connectivity index (χ4v) is 1.97. The molecule has 0 aromatic heterocycles. The number of carboxylic acid groups (broad SMARTS) is 1. The molecule has 7 heteroatoms. The Kier molecular flexibility index (Phi) is 5.98. The van der Waals surface area contributed by atoms with Crippen LogP contribution >= 0.6 is 23.4 Å². The lowest BCUT2D eigenvalue weighted by Gasteiger charge is -2.17. The Morgan fingerprint density at radius 3 is 2.74 bits per heavy atom. The van der Waals surface area contributed by atoms with Crippen molar-refractivity contribution in [3.63, 3.8) is 0 Å². The summed E-state index contributed by atoms with van der Waals surface area (Å²) in [5.41, 5.74) is 0.369. The number of amides is 2. The molecule has 19 heavy (non-hydrogen) atoms. The topological polar surface area (TPSA) is 69.6 Å². The van der Waals surface area contributed by atoms with Gasteiger partial charge in [0, 0.05) is 25.0 Å². The molecule has 1 aromatic rings. The van der Waals surface area contributed by atoms with Gasteiger partial charge in [-0.3, -0.25) is 0 Å². The van der Waals surface area contributed by atoms with E-state index < -0.39 is 5.97 Å². The van der Waals surface area contributed by atoms with Crippen LogP contribution in [-0.2, 0) is 0 Å². The summed E-state index contributed by atoms with van der Waals surface area (Å²) in [5.74, 6) is -0.290. The Bertz CT molecular complexity index is 482. The number of hydrogen-bond acceptors (Lipinski definition) is 3. The monoisotopic (exact) mass is 302 g/mol. The normalized spacial score (nSPS) is 10.1. The van der Waals surface area contributed by atoms with Crippen molar-refractivity contribution in [2.75, 3.05) is 30.9 Å². The molecule has 0 heterocycles. The van der Waals surface area contributed by atoms with Crippen LogP contribution in [0, 0.1) is 0 Å². The van der Waals surface area contributed by atoms with E-state index in [1.807, 2.05) is 6.26 Å². The molecule has 0 bridgehead atoms. The molecule has 0 fully saturated rings. The van der Waals surface area contributed by atoms with Crippen molar-refractivity contribution in [2.24, 2.45) is 0 Å². The van der Waals surface area contributed by atoms with E-state index in [0.717, 1.165) is 5.75 Å². The molecule has 1 aromatic carbocycles. The van der Waals surface area contributed by atoms with E-state index in [9.17, 15) is 9.59 Å². The Morgan fingerprint density at radius 2 is 2.16 bits per heavy atom. The smallest absolute Gasteiger partial charge is 0.337 e. The van der Waals surface area contributed by atoms with Crippen LogP contribution < -0.4 is 5.32 Å². The van der Waals surface area contributed by atoms with Crippen molar-refractivity contribution >= 4 is 41.1 Å². The third-order valence-corrected chi connectivity index (χ3v) is 3.35. The van der Waals surface area contributed by atoms with Gasteiger partial charge in [-0.2, -0.15) is 11.8 Å². The van der Waals surface area contributed by atoms with Crippen molar-refractivity contribution < 1.29 is 14.7 Å². The second-order valence-electron chi connectivity index (χ2n) is 3.84. The molecule has 0 radical (unpaired) electrons. The maximum Gasteiger partial charge on any atom is 0.337 e. The van der Waals surface area contributed by atoms with Crippen LogP contribution in [-0.4, -0.2) is 47.6 Å². The zero-order valence-electron chi connectivity index (χ0n) is 10.6. The molecule has 0 aliphatic rings. The molecule has 2 amide bonds. The summed E-state index contributed by atoms with van der Waals surface area (Å²) in [6, 6.07) is 4.07. The van der Waals surface area contributed by atoms with Crippen molar-refractivity contribution in [1.29, 1.82) is 0 Å². The Labute approximate surface area is 120 Å². The first-order valence-electron chi connectivity index (χ1n) is 5.49. The summed E-state index contributed by atoms with van der Waals surface area (Å²) in [6.07, 6.45) is 1.96. The number of aromatic carboxylic acids is 1. The van der Waals surface area contributed by atoms with Gasteiger partial charge in [0.2, 0.25) is 0 Å². The largest absolute Gasteiger partial charge is 0.478 e. The first-order valence-corrected chi connectivity index (χ1v) is 7.26. The number of hydrogen-bond donors (Lipinski definition) is 2. The minimum absolute atomic E-state index is 0.0359. The number of carbonyl (C=O) groups is 2. The second kappa shape index (κ2) is 7.25. The maximum atomic E-state index is 11.8. The number of nitrogens with zero attached hydrogens (tertiary/aromatic N) is 1. The van der Waals surface area contributed by atoms with Gasteiger partial charge >= 0.3 is 12.0 Å². The molecule has 0 atom stereocenters. The number of anilines is 1. The van der Waals surface area contributed by atoms with Gasteiger partial charge in [-0.05, 0) is 24.5 Å².